The number of carbonyl (C=O) groups excluding carboxylic acids is 2. The van der Waals surface area contributed by atoms with Crippen molar-refractivity contribution in [2.75, 3.05) is 39.3 Å². The van der Waals surface area contributed by atoms with Crippen molar-refractivity contribution in [1.29, 1.82) is 0 Å². The summed E-state index contributed by atoms with van der Waals surface area (Å²) < 4.78 is 0. The van der Waals surface area contributed by atoms with Crippen LogP contribution in [0.5, 0.6) is 0 Å². The summed E-state index contributed by atoms with van der Waals surface area (Å²) >= 11 is 0. The fourth-order valence-corrected chi connectivity index (χ4v) is 6.34. The first-order chi connectivity index (χ1) is 16.6. The zero-order chi connectivity index (χ0) is 23.8. The standard InChI is InChI=1S/C29H45N3O2/c1-23-10-4-2-3-5-13-25(22-23)32-20-18-31(19-21-32)17-16-30-29(34)27-15-9-8-14-26(27)28(33)24-11-6-7-12-24/h8-9,14-15,23-25H,2-7,10-13,16-22H2,1H3,(H,30,34). The molecule has 1 aliphatic heterocycles. The molecule has 3 fully saturated rings. The molecule has 1 aromatic carbocycles. The number of benzene rings is 1. The van der Waals surface area contributed by atoms with E-state index in [9.17, 15) is 9.59 Å². The Bertz CT molecular complexity index is 796. The molecule has 188 valence electrons. The molecule has 1 aromatic rings. The van der Waals surface area contributed by atoms with Crippen LogP contribution in [0.15, 0.2) is 24.3 Å². The molecular formula is C29H45N3O2. The average Bonchev–Trinajstić information content (AvgIpc) is 3.42. The highest BCUT2D eigenvalue weighted by Crippen LogP contribution is 2.29. The van der Waals surface area contributed by atoms with Crippen molar-refractivity contribution >= 4 is 11.7 Å². The van der Waals surface area contributed by atoms with E-state index in [1.807, 2.05) is 18.2 Å². The molecule has 0 bridgehead atoms. The molecule has 2 atom stereocenters. The summed E-state index contributed by atoms with van der Waals surface area (Å²) in [7, 11) is 0. The Labute approximate surface area is 206 Å². The van der Waals surface area contributed by atoms with Gasteiger partial charge in [0.2, 0.25) is 0 Å². The average molecular weight is 468 g/mol. The summed E-state index contributed by atoms with van der Waals surface area (Å²) in [6.07, 6.45) is 13.9. The lowest BCUT2D eigenvalue weighted by Crippen LogP contribution is -2.51. The highest BCUT2D eigenvalue weighted by atomic mass is 16.2. The molecule has 5 nitrogen and oxygen atoms in total. The third-order valence-electron chi connectivity index (χ3n) is 8.46. The minimum atomic E-state index is -0.111. The minimum absolute atomic E-state index is 0.0930. The monoisotopic (exact) mass is 467 g/mol. The van der Waals surface area contributed by atoms with Crippen molar-refractivity contribution in [3.05, 3.63) is 35.4 Å². The second-order valence-electron chi connectivity index (χ2n) is 11.0. The van der Waals surface area contributed by atoms with E-state index in [2.05, 4.69) is 22.0 Å². The van der Waals surface area contributed by atoms with E-state index in [4.69, 9.17) is 0 Å². The van der Waals surface area contributed by atoms with Crippen LogP contribution < -0.4 is 5.32 Å². The van der Waals surface area contributed by atoms with Gasteiger partial charge in [0.1, 0.15) is 0 Å². The van der Waals surface area contributed by atoms with Gasteiger partial charge in [-0.2, -0.15) is 0 Å². The second-order valence-corrected chi connectivity index (χ2v) is 11.0. The maximum Gasteiger partial charge on any atom is 0.252 e. The van der Waals surface area contributed by atoms with Crippen molar-refractivity contribution in [3.63, 3.8) is 0 Å². The molecule has 1 N–H and O–H groups in total. The molecular weight excluding hydrogens is 422 g/mol. The Morgan fingerprint density at radius 3 is 2.24 bits per heavy atom. The van der Waals surface area contributed by atoms with Crippen molar-refractivity contribution in [2.45, 2.75) is 83.6 Å². The Morgan fingerprint density at radius 2 is 1.50 bits per heavy atom. The summed E-state index contributed by atoms with van der Waals surface area (Å²) in [5.74, 6) is 0.981. The number of Topliss-reactive ketones (excluding diaryl/α,β-unsaturated/α-hetero) is 1. The van der Waals surface area contributed by atoms with E-state index in [1.54, 1.807) is 6.07 Å². The van der Waals surface area contributed by atoms with Gasteiger partial charge in [-0.25, -0.2) is 0 Å². The maximum absolute atomic E-state index is 12.9. The van der Waals surface area contributed by atoms with Gasteiger partial charge in [-0.05, 0) is 37.7 Å². The van der Waals surface area contributed by atoms with Crippen molar-refractivity contribution in [2.24, 2.45) is 11.8 Å². The smallest absolute Gasteiger partial charge is 0.252 e. The molecule has 0 aromatic heterocycles. The summed E-state index contributed by atoms with van der Waals surface area (Å²) in [5.41, 5.74) is 1.14. The fourth-order valence-electron chi connectivity index (χ4n) is 6.34. The number of piperazine rings is 1. The molecule has 0 radical (unpaired) electrons. The van der Waals surface area contributed by atoms with Crippen LogP contribution in [0.4, 0.5) is 0 Å². The maximum atomic E-state index is 12.9. The highest BCUT2D eigenvalue weighted by molar-refractivity contribution is 6.08. The van der Waals surface area contributed by atoms with Crippen LogP contribution in [-0.2, 0) is 0 Å². The lowest BCUT2D eigenvalue weighted by Gasteiger charge is -2.40. The molecule has 5 heteroatoms. The number of amides is 1. The molecule has 4 rings (SSSR count). The van der Waals surface area contributed by atoms with E-state index in [1.165, 1.54) is 44.9 Å². The molecule has 3 aliphatic rings. The van der Waals surface area contributed by atoms with Crippen LogP contribution in [-0.4, -0.2) is 66.8 Å². The first-order valence-electron chi connectivity index (χ1n) is 14.0. The summed E-state index contributed by atoms with van der Waals surface area (Å²) in [5, 5.41) is 3.09. The zero-order valence-corrected chi connectivity index (χ0v) is 21.3. The van der Waals surface area contributed by atoms with Gasteiger partial charge in [0.25, 0.3) is 5.91 Å². The SMILES string of the molecule is CC1CCCCCCC(N2CCN(CCNC(=O)c3ccccc3C(=O)C3CCCC3)CC2)C1. The van der Waals surface area contributed by atoms with E-state index in [-0.39, 0.29) is 17.6 Å². The van der Waals surface area contributed by atoms with Gasteiger partial charge in [0.05, 0.1) is 5.56 Å². The molecule has 2 aliphatic carbocycles. The largest absolute Gasteiger partial charge is 0.351 e. The lowest BCUT2D eigenvalue weighted by molar-refractivity contribution is 0.0790. The summed E-state index contributed by atoms with van der Waals surface area (Å²) in [6, 6.07) is 8.11. The number of ketones is 1. The third-order valence-corrected chi connectivity index (χ3v) is 8.46. The van der Waals surface area contributed by atoms with Crippen molar-refractivity contribution in [3.8, 4) is 0 Å². The molecule has 1 heterocycles. The predicted molar refractivity (Wildman–Crippen MR) is 138 cm³/mol. The molecule has 1 saturated heterocycles. The van der Waals surface area contributed by atoms with Gasteiger partial charge in [-0.3, -0.25) is 19.4 Å². The minimum Gasteiger partial charge on any atom is -0.351 e. The summed E-state index contributed by atoms with van der Waals surface area (Å²) in [6.45, 7) is 8.39. The Morgan fingerprint density at radius 1 is 0.853 bits per heavy atom. The van der Waals surface area contributed by atoms with E-state index in [0.717, 1.165) is 70.4 Å². The zero-order valence-electron chi connectivity index (χ0n) is 21.3. The van der Waals surface area contributed by atoms with E-state index < -0.39 is 0 Å². The Balaban J connectivity index is 1.22. The van der Waals surface area contributed by atoms with E-state index >= 15 is 0 Å². The quantitative estimate of drug-likeness (QED) is 0.563. The lowest BCUT2D eigenvalue weighted by atomic mass is 9.92. The van der Waals surface area contributed by atoms with Crippen molar-refractivity contribution in [1.82, 2.24) is 15.1 Å². The van der Waals surface area contributed by atoms with Crippen LogP contribution >= 0.6 is 0 Å². The van der Waals surface area contributed by atoms with Gasteiger partial charge < -0.3 is 5.32 Å². The van der Waals surface area contributed by atoms with Crippen LogP contribution in [0.1, 0.15) is 98.3 Å². The Hall–Kier alpha value is -1.72. The highest BCUT2D eigenvalue weighted by Gasteiger charge is 2.28. The number of hydrogen-bond donors (Lipinski definition) is 1. The first-order valence-corrected chi connectivity index (χ1v) is 14.0. The number of carbonyl (C=O) groups is 2. The second kappa shape index (κ2) is 12.8. The van der Waals surface area contributed by atoms with E-state index in [0.29, 0.717) is 17.7 Å². The van der Waals surface area contributed by atoms with Crippen LogP contribution in [0.25, 0.3) is 0 Å². The molecule has 1 amide bonds. The topological polar surface area (TPSA) is 52.6 Å². The van der Waals surface area contributed by atoms with Gasteiger partial charge in [-0.1, -0.05) is 70.1 Å². The van der Waals surface area contributed by atoms with Gasteiger partial charge in [-0.15, -0.1) is 0 Å². The van der Waals surface area contributed by atoms with Gasteiger partial charge in [0, 0.05) is 56.8 Å². The van der Waals surface area contributed by atoms with Crippen LogP contribution in [0.3, 0.4) is 0 Å². The molecule has 0 spiro atoms. The normalized spacial score (nSPS) is 25.9. The van der Waals surface area contributed by atoms with Crippen LogP contribution in [0.2, 0.25) is 0 Å². The van der Waals surface area contributed by atoms with Crippen molar-refractivity contribution < 1.29 is 9.59 Å². The number of nitrogens with one attached hydrogen (secondary N) is 1. The fraction of sp³-hybridized carbons (Fsp3) is 0.724. The van der Waals surface area contributed by atoms with Crippen LogP contribution in [0, 0.1) is 11.8 Å². The molecule has 2 saturated carbocycles. The number of nitrogens with zero attached hydrogens (tertiary/aromatic N) is 2. The molecule has 34 heavy (non-hydrogen) atoms. The number of rotatable bonds is 7. The number of hydrogen-bond acceptors (Lipinski definition) is 4. The predicted octanol–water partition coefficient (Wildman–Crippen LogP) is 5.16. The molecule has 2 unspecified atom stereocenters. The van der Waals surface area contributed by atoms with Gasteiger partial charge in [0.15, 0.2) is 5.78 Å². The third kappa shape index (κ3) is 6.91. The summed E-state index contributed by atoms with van der Waals surface area (Å²) in [4.78, 5) is 31.1. The first kappa shape index (κ1) is 25.4. The van der Waals surface area contributed by atoms with Gasteiger partial charge >= 0.3 is 0 Å². The Kier molecular flexibility index (Phi) is 9.58.